The van der Waals surface area contributed by atoms with Gasteiger partial charge in [-0.2, -0.15) is 13.2 Å². The highest BCUT2D eigenvalue weighted by Gasteiger charge is 2.59. The van der Waals surface area contributed by atoms with Crippen LogP contribution in [0.1, 0.15) is 91.9 Å². The van der Waals surface area contributed by atoms with Gasteiger partial charge in [-0.3, -0.25) is 0 Å². The minimum Gasteiger partial charge on any atom is -0.390 e. The van der Waals surface area contributed by atoms with E-state index in [4.69, 9.17) is 0 Å². The van der Waals surface area contributed by atoms with E-state index < -0.39 is 17.9 Å². The minimum atomic E-state index is -4.51. The van der Waals surface area contributed by atoms with Crippen LogP contribution in [0.2, 0.25) is 0 Å². The van der Waals surface area contributed by atoms with Gasteiger partial charge in [-0.25, -0.2) is 0 Å². The number of aliphatic hydroxyl groups excluding tert-OH is 1. The monoisotopic (exact) mass is 442 g/mol. The van der Waals surface area contributed by atoms with E-state index >= 15 is 0 Å². The number of halogens is 3. The maximum Gasteiger partial charge on any atom is 0.414 e. The van der Waals surface area contributed by atoms with E-state index in [-0.39, 0.29) is 23.2 Å². The van der Waals surface area contributed by atoms with Gasteiger partial charge in [0.25, 0.3) is 0 Å². The molecule has 31 heavy (non-hydrogen) atoms. The second kappa shape index (κ2) is 7.75. The number of aliphatic hydroxyl groups is 2. The first-order valence-electron chi connectivity index (χ1n) is 12.4. The summed E-state index contributed by atoms with van der Waals surface area (Å²) in [5.74, 6) is 2.63. The molecule has 2 nitrogen and oxygen atoms in total. The van der Waals surface area contributed by atoms with Gasteiger partial charge in [-0.15, -0.1) is 0 Å². The lowest BCUT2D eigenvalue weighted by atomic mass is 9.46. The van der Waals surface area contributed by atoms with Crippen LogP contribution in [0, 0.1) is 40.4 Å². The predicted octanol–water partition coefficient (Wildman–Crippen LogP) is 6.66. The first kappa shape index (κ1) is 23.6. The molecule has 0 saturated heterocycles. The highest BCUT2D eigenvalue weighted by molar-refractivity contribution is 5.26. The second-order valence-corrected chi connectivity index (χ2v) is 12.3. The molecule has 0 radical (unpaired) electrons. The zero-order valence-electron chi connectivity index (χ0n) is 19.6. The van der Waals surface area contributed by atoms with Gasteiger partial charge in [0.05, 0.1) is 5.60 Å². The maximum absolute atomic E-state index is 12.8. The molecule has 0 aromatic rings. The van der Waals surface area contributed by atoms with Gasteiger partial charge >= 0.3 is 6.18 Å². The van der Waals surface area contributed by atoms with Crippen molar-refractivity contribution in [2.24, 2.45) is 40.4 Å². The van der Waals surface area contributed by atoms with Crippen molar-refractivity contribution in [2.75, 3.05) is 0 Å². The van der Waals surface area contributed by atoms with Gasteiger partial charge in [0.2, 0.25) is 0 Å². The van der Waals surface area contributed by atoms with Crippen molar-refractivity contribution >= 4 is 0 Å². The van der Waals surface area contributed by atoms with E-state index in [1.165, 1.54) is 18.4 Å². The summed E-state index contributed by atoms with van der Waals surface area (Å²) in [6.45, 7) is 8.92. The summed E-state index contributed by atoms with van der Waals surface area (Å²) in [6.07, 6.45) is 4.48. The van der Waals surface area contributed by atoms with Crippen molar-refractivity contribution in [3.05, 3.63) is 11.6 Å². The van der Waals surface area contributed by atoms with Gasteiger partial charge in [0.15, 0.2) is 0 Å². The smallest absolute Gasteiger partial charge is 0.390 e. The van der Waals surface area contributed by atoms with Gasteiger partial charge < -0.3 is 10.2 Å². The number of hydrogen-bond acceptors (Lipinski definition) is 2. The van der Waals surface area contributed by atoms with Gasteiger partial charge in [0, 0.05) is 0 Å². The van der Waals surface area contributed by atoms with Crippen molar-refractivity contribution < 1.29 is 23.4 Å². The standard InChI is InChI=1S/C26H41F3O2/c1-16(5-10-22(30)26(27,28)29)19-8-9-20-18-7-6-17-15-23(2,31)13-14-24(17,3)21(18)11-12-25(19,20)4/h6,16,18-22,30-31H,5,7-15H2,1-4H3/t16-,18+,19-,20+,21+,22-,23+,24+,25-/m1/s1. The van der Waals surface area contributed by atoms with E-state index in [1.807, 2.05) is 6.92 Å². The SMILES string of the molecule is C[C@H](CC[C@@H](O)C(F)(F)F)[C@H]1CC[C@H]2[C@@H]3CC=C4C[C@@](C)(O)CC[C@]4(C)[C@H]3CC[C@]12C. The van der Waals surface area contributed by atoms with E-state index in [0.717, 1.165) is 38.5 Å². The van der Waals surface area contributed by atoms with Crippen LogP contribution in [0.5, 0.6) is 0 Å². The predicted molar refractivity (Wildman–Crippen MR) is 116 cm³/mol. The van der Waals surface area contributed by atoms with Crippen molar-refractivity contribution in [1.29, 1.82) is 0 Å². The van der Waals surface area contributed by atoms with Crippen LogP contribution >= 0.6 is 0 Å². The van der Waals surface area contributed by atoms with Crippen LogP contribution in [0.3, 0.4) is 0 Å². The minimum absolute atomic E-state index is 0.182. The highest BCUT2D eigenvalue weighted by atomic mass is 19.4. The fraction of sp³-hybridized carbons (Fsp3) is 0.923. The molecular formula is C26H41F3O2. The Balaban J connectivity index is 1.48. The zero-order chi connectivity index (χ0) is 22.8. The molecule has 0 spiro atoms. The Morgan fingerprint density at radius 3 is 2.42 bits per heavy atom. The summed E-state index contributed by atoms with van der Waals surface area (Å²) in [5, 5.41) is 20.1. The molecule has 0 aliphatic heterocycles. The number of rotatable bonds is 4. The van der Waals surface area contributed by atoms with Crippen LogP contribution in [0.25, 0.3) is 0 Å². The fourth-order valence-electron chi connectivity index (χ4n) is 8.57. The van der Waals surface area contributed by atoms with E-state index in [1.54, 1.807) is 0 Å². The molecule has 4 aliphatic rings. The summed E-state index contributed by atoms with van der Waals surface area (Å²) in [4.78, 5) is 0. The number of hydrogen-bond donors (Lipinski definition) is 2. The Morgan fingerprint density at radius 1 is 1.03 bits per heavy atom. The average molecular weight is 443 g/mol. The summed E-state index contributed by atoms with van der Waals surface area (Å²) >= 11 is 0. The summed E-state index contributed by atoms with van der Waals surface area (Å²) < 4.78 is 38.3. The Bertz CT molecular complexity index is 714. The molecule has 2 N–H and O–H groups in total. The largest absolute Gasteiger partial charge is 0.414 e. The van der Waals surface area contributed by atoms with E-state index in [9.17, 15) is 23.4 Å². The number of alkyl halides is 3. The van der Waals surface area contributed by atoms with Crippen molar-refractivity contribution in [3.8, 4) is 0 Å². The Kier molecular flexibility index (Phi) is 5.90. The molecule has 4 rings (SSSR count). The quantitative estimate of drug-likeness (QED) is 0.478. The average Bonchev–Trinajstić information content (AvgIpc) is 3.02. The molecule has 0 aromatic heterocycles. The highest BCUT2D eigenvalue weighted by Crippen LogP contribution is 2.67. The van der Waals surface area contributed by atoms with Crippen LogP contribution in [-0.2, 0) is 0 Å². The molecule has 9 atom stereocenters. The van der Waals surface area contributed by atoms with Crippen molar-refractivity contribution in [3.63, 3.8) is 0 Å². The molecular weight excluding hydrogens is 401 g/mol. The first-order chi connectivity index (χ1) is 14.3. The van der Waals surface area contributed by atoms with Crippen molar-refractivity contribution in [1.82, 2.24) is 0 Å². The summed E-state index contributed by atoms with van der Waals surface area (Å²) in [7, 11) is 0. The second-order valence-electron chi connectivity index (χ2n) is 12.3. The van der Waals surface area contributed by atoms with Gasteiger partial charge in [0.1, 0.15) is 6.10 Å². The first-order valence-corrected chi connectivity index (χ1v) is 12.4. The molecule has 178 valence electrons. The number of fused-ring (bicyclic) bond motifs is 5. The van der Waals surface area contributed by atoms with Crippen LogP contribution in [0.4, 0.5) is 13.2 Å². The summed E-state index contributed by atoms with van der Waals surface area (Å²) in [6, 6.07) is 0. The van der Waals surface area contributed by atoms with E-state index in [0.29, 0.717) is 30.1 Å². The molecule has 0 bridgehead atoms. The Morgan fingerprint density at radius 2 is 1.74 bits per heavy atom. The maximum atomic E-state index is 12.8. The molecule has 3 fully saturated rings. The lowest BCUT2D eigenvalue weighted by Crippen LogP contribution is -2.52. The van der Waals surface area contributed by atoms with Crippen molar-refractivity contribution in [2.45, 2.75) is 110 Å². The fourth-order valence-corrected chi connectivity index (χ4v) is 8.57. The molecule has 0 amide bonds. The van der Waals surface area contributed by atoms with Crippen LogP contribution in [0.15, 0.2) is 11.6 Å². The lowest BCUT2D eigenvalue weighted by molar-refractivity contribution is -0.206. The molecule has 0 heterocycles. The van der Waals surface area contributed by atoms with Gasteiger partial charge in [-0.05, 0) is 112 Å². The Hall–Kier alpha value is -0.550. The summed E-state index contributed by atoms with van der Waals surface area (Å²) in [5.41, 5.74) is 1.30. The van der Waals surface area contributed by atoms with E-state index in [2.05, 4.69) is 26.8 Å². The molecule has 0 unspecified atom stereocenters. The van der Waals surface area contributed by atoms with Gasteiger partial charge in [-0.1, -0.05) is 32.4 Å². The third-order valence-electron chi connectivity index (χ3n) is 10.4. The molecule has 3 saturated carbocycles. The lowest BCUT2D eigenvalue weighted by Gasteiger charge is -2.59. The third-order valence-corrected chi connectivity index (χ3v) is 10.4. The number of allylic oxidation sites excluding steroid dienone is 1. The molecule has 4 aliphatic carbocycles. The Labute approximate surface area is 185 Å². The van der Waals surface area contributed by atoms with Crippen LogP contribution < -0.4 is 0 Å². The third kappa shape index (κ3) is 4.00. The zero-order valence-corrected chi connectivity index (χ0v) is 19.6. The molecule has 0 aromatic carbocycles. The molecule has 5 heteroatoms. The normalized spacial score (nSPS) is 47.1. The van der Waals surface area contributed by atoms with Crippen LogP contribution in [-0.4, -0.2) is 28.1 Å². The topological polar surface area (TPSA) is 40.5 Å².